The van der Waals surface area contributed by atoms with E-state index in [1.165, 1.54) is 216 Å². The van der Waals surface area contributed by atoms with E-state index in [1.54, 1.807) is 0 Å². The second-order valence-corrected chi connectivity index (χ2v) is 30.4. The van der Waals surface area contributed by atoms with E-state index >= 15 is 0 Å². The van der Waals surface area contributed by atoms with Crippen molar-refractivity contribution in [2.75, 3.05) is 0 Å². The molecular weight excluding hydrogens is 1320 g/mol. The van der Waals surface area contributed by atoms with Gasteiger partial charge in [-0.25, -0.2) is 0 Å². The summed E-state index contributed by atoms with van der Waals surface area (Å²) >= 11 is 3.78. The third-order valence-electron chi connectivity index (χ3n) is 22.5. The molecule has 0 aliphatic carbocycles. The van der Waals surface area contributed by atoms with Crippen LogP contribution >= 0.6 is 22.7 Å². The van der Waals surface area contributed by atoms with Crippen molar-refractivity contribution in [2.24, 2.45) is 0 Å². The minimum Gasteiger partial charge on any atom is -0.309 e. The van der Waals surface area contributed by atoms with Gasteiger partial charge in [0, 0.05) is 101 Å². The third-order valence-corrected chi connectivity index (χ3v) is 24.8. The van der Waals surface area contributed by atoms with Crippen LogP contribution in [0.25, 0.3) is 216 Å². The lowest BCUT2D eigenvalue weighted by Gasteiger charge is -2.11. The van der Waals surface area contributed by atoms with Gasteiger partial charge in [-0.1, -0.05) is 237 Å². The highest BCUT2D eigenvalue weighted by molar-refractivity contribution is 7.27. The van der Waals surface area contributed by atoms with Crippen LogP contribution in [0.4, 0.5) is 0 Å². The highest BCUT2D eigenvalue weighted by Gasteiger charge is 2.24. The molecule has 0 radical (unpaired) electrons. The lowest BCUT2D eigenvalue weighted by atomic mass is 10.00. The highest BCUT2D eigenvalue weighted by Crippen LogP contribution is 2.48. The Hall–Kier alpha value is -13.4. The predicted octanol–water partition coefficient (Wildman–Crippen LogP) is 28.4. The lowest BCUT2D eigenvalue weighted by Crippen LogP contribution is -1.94. The number of nitrogens with zero attached hydrogens (tertiary/aromatic N) is 4. The maximum absolute atomic E-state index is 2.50. The van der Waals surface area contributed by atoms with Crippen LogP contribution in [0, 0.1) is 0 Å². The van der Waals surface area contributed by atoms with Crippen LogP contribution in [0.1, 0.15) is 0 Å². The van der Waals surface area contributed by atoms with Crippen LogP contribution in [-0.2, 0) is 0 Å². The molecule has 0 aliphatic rings. The Balaban J connectivity index is 0.000000129. The van der Waals surface area contributed by atoms with E-state index in [4.69, 9.17) is 0 Å². The van der Waals surface area contributed by atoms with Gasteiger partial charge in [-0.3, -0.25) is 0 Å². The molecule has 4 nitrogen and oxygen atoms in total. The quantitative estimate of drug-likeness (QED) is 0.158. The molecule has 6 heterocycles. The van der Waals surface area contributed by atoms with Gasteiger partial charge >= 0.3 is 0 Å². The van der Waals surface area contributed by atoms with Gasteiger partial charge in [-0.2, -0.15) is 0 Å². The van der Waals surface area contributed by atoms with Crippen LogP contribution in [-0.4, -0.2) is 18.3 Å². The Morgan fingerprint density at radius 1 is 0.170 bits per heavy atom. The van der Waals surface area contributed by atoms with Crippen molar-refractivity contribution in [3.63, 3.8) is 0 Å². The molecule has 6 heteroatoms. The van der Waals surface area contributed by atoms with Crippen LogP contribution < -0.4 is 0 Å². The summed E-state index contributed by atoms with van der Waals surface area (Å²) in [5.41, 5.74) is 19.5. The summed E-state index contributed by atoms with van der Waals surface area (Å²) in [5, 5.41) is 25.4. The zero-order chi connectivity index (χ0) is 69.2. The Morgan fingerprint density at radius 2 is 0.491 bits per heavy atom. The smallest absolute Gasteiger partial charge is 0.0719 e. The number of fused-ring (bicyclic) bond motifs is 24. The van der Waals surface area contributed by atoms with Gasteiger partial charge in [0.15, 0.2) is 0 Å². The van der Waals surface area contributed by atoms with Gasteiger partial charge < -0.3 is 18.3 Å². The van der Waals surface area contributed by atoms with Crippen LogP contribution in [0.2, 0.25) is 0 Å². The second-order valence-electron chi connectivity index (χ2n) is 28.3. The topological polar surface area (TPSA) is 19.7 Å². The molecular formula is C100H60N4S2. The maximum atomic E-state index is 2.50. The van der Waals surface area contributed by atoms with E-state index in [0.29, 0.717) is 0 Å². The summed E-state index contributed by atoms with van der Waals surface area (Å²) in [4.78, 5) is 0. The molecule has 0 N–H and O–H groups in total. The highest BCUT2D eigenvalue weighted by atomic mass is 32.1. The molecule has 0 saturated heterocycles. The normalized spacial score (nSPS) is 12.2. The van der Waals surface area contributed by atoms with Crippen molar-refractivity contribution in [1.29, 1.82) is 0 Å². The molecule has 0 amide bonds. The molecule has 0 bridgehead atoms. The van der Waals surface area contributed by atoms with E-state index in [1.807, 2.05) is 22.7 Å². The van der Waals surface area contributed by atoms with Crippen molar-refractivity contribution in [1.82, 2.24) is 18.3 Å². The molecule has 0 atom stereocenters. The number of thiophene rings is 2. The van der Waals surface area contributed by atoms with E-state index in [2.05, 4.69) is 382 Å². The molecule has 0 saturated carbocycles. The lowest BCUT2D eigenvalue weighted by molar-refractivity contribution is 1.19. The Morgan fingerprint density at radius 3 is 0.953 bits per heavy atom. The van der Waals surface area contributed by atoms with Gasteiger partial charge in [-0.15, -0.1) is 22.7 Å². The number of benzene rings is 18. The molecule has 0 aliphatic heterocycles. The first-order chi connectivity index (χ1) is 52.5. The Bertz CT molecular complexity index is 7850. The summed E-state index contributed by atoms with van der Waals surface area (Å²) in [6.45, 7) is 0. The fourth-order valence-corrected chi connectivity index (χ4v) is 20.0. The molecule has 106 heavy (non-hydrogen) atoms. The first kappa shape index (κ1) is 59.2. The average Bonchev–Trinajstić information content (AvgIpc) is 1.56. The first-order valence-corrected chi connectivity index (χ1v) is 38.0. The standard InChI is InChI=1S/2C50H30N2S/c1-3-11-33-27-37(21-17-31(33)9-1)51-45-15-7-5-13-39(45)43-29-35(19-25-46(43)51)36-20-26-47-44(30-36)41-23-24-42-40-14-6-8-16-48(40)53-50(42)49(41)52(47)38-22-18-32-10-2-4-12-34(32)28-38;1-3-11-33-27-37(21-17-31(33)9-1)51-44-15-7-5-13-39(44)42-29-35(19-24-45(42)51)36-20-25-46-43(30-36)40-23-26-48-49(41-14-6-8-16-47(41)53-48)50(40)52(46)38-22-18-32-10-2-4-12-34(32)28-38/h2*1-30H. The first-order valence-electron chi connectivity index (χ1n) is 36.3. The van der Waals surface area contributed by atoms with Crippen molar-refractivity contribution in [2.45, 2.75) is 0 Å². The molecule has 24 aromatic rings. The molecule has 6 aromatic heterocycles. The van der Waals surface area contributed by atoms with Gasteiger partial charge in [-0.05, 0) is 193 Å². The van der Waals surface area contributed by atoms with Crippen LogP contribution in [0.5, 0.6) is 0 Å². The minimum absolute atomic E-state index is 1.18. The van der Waals surface area contributed by atoms with Gasteiger partial charge in [0.2, 0.25) is 0 Å². The van der Waals surface area contributed by atoms with Crippen LogP contribution in [0.15, 0.2) is 364 Å². The third kappa shape index (κ3) is 8.99. The maximum Gasteiger partial charge on any atom is 0.0719 e. The second kappa shape index (κ2) is 23.1. The van der Waals surface area contributed by atoms with Gasteiger partial charge in [0.25, 0.3) is 0 Å². The summed E-state index contributed by atoms with van der Waals surface area (Å²) < 4.78 is 15.1. The van der Waals surface area contributed by atoms with Crippen molar-refractivity contribution < 1.29 is 0 Å². The summed E-state index contributed by atoms with van der Waals surface area (Å²) in [6, 6.07) is 135. The number of hydrogen-bond donors (Lipinski definition) is 0. The number of rotatable bonds is 6. The van der Waals surface area contributed by atoms with Gasteiger partial charge in [0.05, 0.1) is 48.8 Å². The van der Waals surface area contributed by atoms with Gasteiger partial charge in [0.1, 0.15) is 0 Å². The minimum atomic E-state index is 1.18. The SMILES string of the molecule is c1ccc2cc(-n3c4ccccc4c4cc(-c5ccc6c(c5)c5ccc7c8ccccc8sc7c5n6-c5ccc6ccccc6c5)ccc43)ccc2c1.c1ccc2cc(-n3c4ccccc4c4cc(-c5ccc6c(c5)c5ccc7sc8ccccc8c7c5n6-c5ccc6ccccc6c5)ccc43)ccc2c1. The number of aromatic nitrogens is 4. The Labute approximate surface area is 616 Å². The Kier molecular flexibility index (Phi) is 12.9. The van der Waals surface area contributed by atoms with E-state index in [-0.39, 0.29) is 0 Å². The van der Waals surface area contributed by atoms with E-state index < -0.39 is 0 Å². The number of hydrogen-bond acceptors (Lipinski definition) is 2. The fourth-order valence-electron chi connectivity index (χ4n) is 17.6. The molecule has 492 valence electrons. The molecule has 0 fully saturated rings. The average molecular weight is 1380 g/mol. The summed E-state index contributed by atoms with van der Waals surface area (Å²) in [6.07, 6.45) is 0. The predicted molar refractivity (Wildman–Crippen MR) is 457 cm³/mol. The molecule has 0 spiro atoms. The van der Waals surface area contributed by atoms with Crippen molar-refractivity contribution in [3.8, 4) is 45.0 Å². The van der Waals surface area contributed by atoms with E-state index in [9.17, 15) is 0 Å². The largest absolute Gasteiger partial charge is 0.309 e. The number of para-hydroxylation sites is 2. The van der Waals surface area contributed by atoms with Crippen molar-refractivity contribution >= 4 is 193 Å². The summed E-state index contributed by atoms with van der Waals surface area (Å²) in [5.74, 6) is 0. The van der Waals surface area contributed by atoms with Crippen molar-refractivity contribution in [3.05, 3.63) is 364 Å². The summed E-state index contributed by atoms with van der Waals surface area (Å²) in [7, 11) is 0. The zero-order valence-electron chi connectivity index (χ0n) is 57.2. The zero-order valence-corrected chi connectivity index (χ0v) is 58.9. The molecule has 0 unspecified atom stereocenters. The molecule has 24 rings (SSSR count). The van der Waals surface area contributed by atoms with E-state index in [0.717, 1.165) is 0 Å². The fraction of sp³-hybridized carbons (Fsp3) is 0. The monoisotopic (exact) mass is 1380 g/mol. The van der Waals surface area contributed by atoms with Crippen LogP contribution in [0.3, 0.4) is 0 Å². The molecule has 18 aromatic carbocycles.